The van der Waals surface area contributed by atoms with E-state index in [1.165, 1.54) is 10.4 Å². The first kappa shape index (κ1) is 17.4. The van der Waals surface area contributed by atoms with Crippen molar-refractivity contribution in [3.05, 3.63) is 54.6 Å². The Morgan fingerprint density at radius 2 is 2.12 bits per heavy atom. The number of benzene rings is 1. The molecule has 0 atom stereocenters. The zero-order valence-electron chi connectivity index (χ0n) is 13.6. The van der Waals surface area contributed by atoms with Gasteiger partial charge in [-0.3, -0.25) is 9.36 Å². The van der Waals surface area contributed by atoms with E-state index in [2.05, 4.69) is 0 Å². The first-order valence-electron chi connectivity index (χ1n) is 8.20. The van der Waals surface area contributed by atoms with Crippen molar-refractivity contribution in [2.45, 2.75) is 43.6 Å². The maximum absolute atomic E-state index is 13.0. The maximum atomic E-state index is 13.0. The minimum atomic E-state index is 0.100. The second-order valence-electron chi connectivity index (χ2n) is 6.02. The number of nitrogens with zero attached hydrogens (tertiary/aromatic N) is 2. The topological polar surface area (TPSA) is 34.9 Å². The third-order valence-corrected chi connectivity index (χ3v) is 7.43. The Morgan fingerprint density at radius 1 is 1.28 bits per heavy atom. The van der Waals surface area contributed by atoms with Gasteiger partial charge in [0.15, 0.2) is 5.16 Å². The molecule has 7 heteroatoms. The highest BCUT2D eigenvalue weighted by Crippen LogP contribution is 2.36. The molecule has 25 heavy (non-hydrogen) atoms. The summed E-state index contributed by atoms with van der Waals surface area (Å²) in [5.41, 5.74) is 2.40. The minimum absolute atomic E-state index is 0.100. The van der Waals surface area contributed by atoms with Crippen LogP contribution < -0.4 is 5.56 Å². The van der Waals surface area contributed by atoms with E-state index in [9.17, 15) is 4.79 Å². The third kappa shape index (κ3) is 3.12. The maximum Gasteiger partial charge on any atom is 0.263 e. The number of fused-ring (bicyclic) bond motifs is 3. The Morgan fingerprint density at radius 3 is 2.88 bits per heavy atom. The van der Waals surface area contributed by atoms with E-state index in [-0.39, 0.29) is 5.56 Å². The van der Waals surface area contributed by atoms with Crippen molar-refractivity contribution in [2.75, 3.05) is 0 Å². The number of thioether (sulfide) groups is 1. The molecular formula is C18H16Cl2N2OS2. The number of thiophene rings is 1. The summed E-state index contributed by atoms with van der Waals surface area (Å²) < 4.78 is 1.79. The molecular weight excluding hydrogens is 395 g/mol. The Balaban J connectivity index is 1.71. The van der Waals surface area contributed by atoms with Gasteiger partial charge in [-0.2, -0.15) is 0 Å². The molecule has 4 rings (SSSR count). The summed E-state index contributed by atoms with van der Waals surface area (Å²) in [4.78, 5) is 20.0. The van der Waals surface area contributed by atoms with Crippen LogP contribution in [0, 0.1) is 0 Å². The van der Waals surface area contributed by atoms with Gasteiger partial charge in [0.1, 0.15) is 4.83 Å². The zero-order chi connectivity index (χ0) is 17.6. The standard InChI is InChI=1S/C18H16Cl2N2OS2/c1-2-22-17(23)15-11-4-3-5-14(11)25-16(15)21-18(22)24-9-10-6-7-12(19)13(20)8-10/h6-8H,2-5,9H2,1H3. The SMILES string of the molecule is CCn1c(SCc2ccc(Cl)c(Cl)c2)nc2sc3c(c2c1=O)CCC3. The van der Waals surface area contributed by atoms with Crippen molar-refractivity contribution >= 4 is 56.5 Å². The normalized spacial score (nSPS) is 13.6. The summed E-state index contributed by atoms with van der Waals surface area (Å²) in [6.07, 6.45) is 3.23. The van der Waals surface area contributed by atoms with Gasteiger partial charge in [-0.05, 0) is 49.4 Å². The van der Waals surface area contributed by atoms with Crippen molar-refractivity contribution in [1.29, 1.82) is 0 Å². The minimum Gasteiger partial charge on any atom is -0.287 e. The summed E-state index contributed by atoms with van der Waals surface area (Å²) in [6.45, 7) is 2.61. The molecule has 3 aromatic rings. The summed E-state index contributed by atoms with van der Waals surface area (Å²) in [6, 6.07) is 5.62. The van der Waals surface area contributed by atoms with Crippen molar-refractivity contribution in [3.8, 4) is 0 Å². The van der Waals surface area contributed by atoms with Gasteiger partial charge in [0, 0.05) is 17.2 Å². The molecule has 1 aliphatic rings. The molecule has 0 aliphatic heterocycles. The molecule has 0 saturated carbocycles. The van der Waals surface area contributed by atoms with Crippen molar-refractivity contribution in [1.82, 2.24) is 9.55 Å². The van der Waals surface area contributed by atoms with Crippen molar-refractivity contribution in [2.24, 2.45) is 0 Å². The van der Waals surface area contributed by atoms with Gasteiger partial charge in [0.25, 0.3) is 5.56 Å². The summed E-state index contributed by atoms with van der Waals surface area (Å²) in [5, 5.41) is 2.71. The lowest BCUT2D eigenvalue weighted by molar-refractivity contribution is 0.635. The molecule has 1 aliphatic carbocycles. The highest BCUT2D eigenvalue weighted by atomic mass is 35.5. The molecule has 0 spiro atoms. The fourth-order valence-corrected chi connectivity index (χ4v) is 5.85. The number of aryl methyl sites for hydroxylation is 2. The summed E-state index contributed by atoms with van der Waals surface area (Å²) in [7, 11) is 0. The van der Waals surface area contributed by atoms with Crippen LogP contribution in [-0.4, -0.2) is 9.55 Å². The molecule has 0 unspecified atom stereocenters. The van der Waals surface area contributed by atoms with Gasteiger partial charge in [0.2, 0.25) is 0 Å². The number of halogens is 2. The predicted molar refractivity (Wildman–Crippen MR) is 108 cm³/mol. The fourth-order valence-electron chi connectivity index (χ4n) is 3.22. The van der Waals surface area contributed by atoms with Gasteiger partial charge in [0.05, 0.1) is 15.4 Å². The highest BCUT2D eigenvalue weighted by Gasteiger charge is 2.22. The molecule has 0 N–H and O–H groups in total. The second-order valence-corrected chi connectivity index (χ2v) is 8.86. The molecule has 2 aromatic heterocycles. The largest absolute Gasteiger partial charge is 0.287 e. The Hall–Kier alpha value is -1.01. The molecule has 1 aromatic carbocycles. The molecule has 3 nitrogen and oxygen atoms in total. The van der Waals surface area contributed by atoms with Crippen LogP contribution in [0.5, 0.6) is 0 Å². The van der Waals surface area contributed by atoms with Crippen LogP contribution in [-0.2, 0) is 25.1 Å². The van der Waals surface area contributed by atoms with Gasteiger partial charge in [-0.1, -0.05) is 41.0 Å². The van der Waals surface area contributed by atoms with Crippen LogP contribution in [0.3, 0.4) is 0 Å². The Labute approximate surface area is 164 Å². The lowest BCUT2D eigenvalue weighted by atomic mass is 10.2. The van der Waals surface area contributed by atoms with E-state index in [1.54, 1.807) is 33.7 Å². The number of aromatic nitrogens is 2. The lowest BCUT2D eigenvalue weighted by Crippen LogP contribution is -2.22. The van der Waals surface area contributed by atoms with Crippen LogP contribution in [0.4, 0.5) is 0 Å². The first-order valence-corrected chi connectivity index (χ1v) is 10.8. The van der Waals surface area contributed by atoms with E-state index in [0.717, 1.165) is 40.2 Å². The second kappa shape index (κ2) is 6.95. The van der Waals surface area contributed by atoms with E-state index < -0.39 is 0 Å². The van der Waals surface area contributed by atoms with Crippen LogP contribution in [0.15, 0.2) is 28.2 Å². The fraction of sp³-hybridized carbons (Fsp3) is 0.333. The Kier molecular flexibility index (Phi) is 4.84. The summed E-state index contributed by atoms with van der Waals surface area (Å²) >= 11 is 15.3. The Bertz CT molecular complexity index is 1030. The molecule has 0 amide bonds. The van der Waals surface area contributed by atoms with Crippen LogP contribution in [0.25, 0.3) is 10.2 Å². The van der Waals surface area contributed by atoms with E-state index in [0.29, 0.717) is 22.3 Å². The molecule has 2 heterocycles. The van der Waals surface area contributed by atoms with Crippen LogP contribution >= 0.6 is 46.3 Å². The molecule has 130 valence electrons. The number of hydrogen-bond donors (Lipinski definition) is 0. The average Bonchev–Trinajstić information content (AvgIpc) is 3.16. The third-order valence-electron chi connectivity index (χ3n) is 4.46. The van der Waals surface area contributed by atoms with Gasteiger partial charge in [-0.15, -0.1) is 11.3 Å². The van der Waals surface area contributed by atoms with Crippen molar-refractivity contribution < 1.29 is 0 Å². The zero-order valence-corrected chi connectivity index (χ0v) is 16.8. The van der Waals surface area contributed by atoms with Gasteiger partial charge >= 0.3 is 0 Å². The first-order chi connectivity index (χ1) is 12.1. The molecule has 0 bridgehead atoms. The van der Waals surface area contributed by atoms with Gasteiger partial charge < -0.3 is 0 Å². The van der Waals surface area contributed by atoms with Crippen molar-refractivity contribution in [3.63, 3.8) is 0 Å². The lowest BCUT2D eigenvalue weighted by Gasteiger charge is -2.10. The number of hydrogen-bond acceptors (Lipinski definition) is 4. The molecule has 0 radical (unpaired) electrons. The van der Waals surface area contributed by atoms with E-state index in [1.807, 2.05) is 19.1 Å². The molecule has 0 saturated heterocycles. The van der Waals surface area contributed by atoms with Gasteiger partial charge in [-0.25, -0.2) is 4.98 Å². The quantitative estimate of drug-likeness (QED) is 0.416. The van der Waals surface area contributed by atoms with Crippen LogP contribution in [0.2, 0.25) is 10.0 Å². The predicted octanol–water partition coefficient (Wildman–Crippen LogP) is 5.57. The van der Waals surface area contributed by atoms with Crippen LogP contribution in [0.1, 0.15) is 29.3 Å². The van der Waals surface area contributed by atoms with E-state index in [4.69, 9.17) is 28.2 Å². The monoisotopic (exact) mass is 410 g/mol. The smallest absolute Gasteiger partial charge is 0.263 e. The highest BCUT2D eigenvalue weighted by molar-refractivity contribution is 7.98. The summed E-state index contributed by atoms with van der Waals surface area (Å²) in [5.74, 6) is 0.694. The average molecular weight is 411 g/mol. The molecule has 0 fully saturated rings. The number of rotatable bonds is 4. The van der Waals surface area contributed by atoms with E-state index >= 15 is 0 Å².